The third-order valence-electron chi connectivity index (χ3n) is 3.96. The molecule has 2 aromatic carbocycles. The maximum atomic E-state index is 12.2. The number of sulfonamides is 1. The van der Waals surface area contributed by atoms with Gasteiger partial charge in [-0.2, -0.15) is 0 Å². The van der Waals surface area contributed by atoms with E-state index in [0.717, 1.165) is 11.3 Å². The van der Waals surface area contributed by atoms with Crippen LogP contribution in [-0.2, 0) is 16.6 Å². The summed E-state index contributed by atoms with van der Waals surface area (Å²) in [7, 11) is -0.296. The number of guanidine groups is 1. The quantitative estimate of drug-likeness (QED) is 0.402. The summed E-state index contributed by atoms with van der Waals surface area (Å²) in [6.07, 6.45) is 0. The van der Waals surface area contributed by atoms with Crippen molar-refractivity contribution < 1.29 is 17.9 Å². The number of rotatable bonds is 10. The molecule has 0 aliphatic heterocycles. The molecule has 2 rings (SSSR count). The van der Waals surface area contributed by atoms with E-state index in [-0.39, 0.29) is 18.8 Å². The molecule has 158 valence electrons. The van der Waals surface area contributed by atoms with E-state index in [1.807, 2.05) is 43.3 Å². The highest BCUT2D eigenvalue weighted by molar-refractivity contribution is 7.89. The summed E-state index contributed by atoms with van der Waals surface area (Å²) in [5, 5.41) is 6.23. The highest BCUT2D eigenvalue weighted by Crippen LogP contribution is 2.29. The van der Waals surface area contributed by atoms with Crippen LogP contribution >= 0.6 is 0 Å². The molecule has 0 unspecified atom stereocenters. The smallest absolute Gasteiger partial charge is 0.213 e. The first kappa shape index (κ1) is 22.5. The minimum Gasteiger partial charge on any atom is -0.493 e. The lowest BCUT2D eigenvalue weighted by Gasteiger charge is -2.14. The van der Waals surface area contributed by atoms with Gasteiger partial charge in [0.1, 0.15) is 0 Å². The number of nitrogens with zero attached hydrogens (tertiary/aromatic N) is 1. The number of hydrogen-bond acceptors (Lipinski definition) is 5. The molecule has 0 atom stereocenters. The van der Waals surface area contributed by atoms with Gasteiger partial charge < -0.3 is 20.1 Å². The Hall–Kier alpha value is -2.78. The summed E-state index contributed by atoms with van der Waals surface area (Å²) in [6.45, 7) is 2.95. The Morgan fingerprint density at radius 1 is 1.03 bits per heavy atom. The number of methoxy groups -OCH3 is 2. The van der Waals surface area contributed by atoms with Gasteiger partial charge in [0.2, 0.25) is 10.0 Å². The lowest BCUT2D eigenvalue weighted by molar-refractivity contribution is 0.355. The number of nitrogens with one attached hydrogen (secondary N) is 3. The van der Waals surface area contributed by atoms with Crippen molar-refractivity contribution in [3.05, 3.63) is 54.1 Å². The molecule has 0 heterocycles. The van der Waals surface area contributed by atoms with E-state index in [2.05, 4.69) is 20.3 Å². The van der Waals surface area contributed by atoms with Crippen LogP contribution in [0.1, 0.15) is 12.5 Å². The predicted molar refractivity (Wildman–Crippen MR) is 116 cm³/mol. The molecule has 0 spiro atoms. The Morgan fingerprint density at radius 2 is 1.76 bits per heavy atom. The zero-order valence-corrected chi connectivity index (χ0v) is 17.8. The van der Waals surface area contributed by atoms with Crippen molar-refractivity contribution in [3.8, 4) is 11.5 Å². The van der Waals surface area contributed by atoms with Crippen molar-refractivity contribution in [2.45, 2.75) is 13.5 Å². The monoisotopic (exact) mass is 420 g/mol. The van der Waals surface area contributed by atoms with Gasteiger partial charge in [-0.15, -0.1) is 0 Å². The molecule has 2 aromatic rings. The van der Waals surface area contributed by atoms with Gasteiger partial charge in [0.15, 0.2) is 17.5 Å². The Labute approximate surface area is 172 Å². The van der Waals surface area contributed by atoms with E-state index in [0.29, 0.717) is 24.0 Å². The molecule has 9 heteroatoms. The Morgan fingerprint density at radius 3 is 2.41 bits per heavy atom. The lowest BCUT2D eigenvalue weighted by Crippen LogP contribution is -2.32. The van der Waals surface area contributed by atoms with Gasteiger partial charge in [-0.05, 0) is 24.6 Å². The normalized spacial score (nSPS) is 11.8. The minimum absolute atomic E-state index is 0.109. The minimum atomic E-state index is -3.43. The number of ether oxygens (including phenoxy) is 2. The van der Waals surface area contributed by atoms with Gasteiger partial charge in [-0.25, -0.2) is 13.1 Å². The third-order valence-corrected chi connectivity index (χ3v) is 5.26. The topological polar surface area (TPSA) is 101 Å². The van der Waals surface area contributed by atoms with Crippen LogP contribution in [0.5, 0.6) is 11.5 Å². The molecule has 0 aromatic heterocycles. The summed E-state index contributed by atoms with van der Waals surface area (Å²) in [5.41, 5.74) is 1.65. The third kappa shape index (κ3) is 7.63. The van der Waals surface area contributed by atoms with Crippen LogP contribution in [-0.4, -0.2) is 47.4 Å². The van der Waals surface area contributed by atoms with Crippen molar-refractivity contribution >= 4 is 21.7 Å². The molecule has 3 N–H and O–H groups in total. The largest absolute Gasteiger partial charge is 0.493 e. The second kappa shape index (κ2) is 11.3. The summed E-state index contributed by atoms with van der Waals surface area (Å²) in [4.78, 5) is 4.35. The van der Waals surface area contributed by atoms with Crippen LogP contribution in [0.3, 0.4) is 0 Å². The summed E-state index contributed by atoms with van der Waals surface area (Å²) in [6, 6.07) is 14.8. The first-order valence-corrected chi connectivity index (χ1v) is 10.9. The first-order chi connectivity index (χ1) is 14.0. The number of benzene rings is 2. The van der Waals surface area contributed by atoms with Crippen LogP contribution in [0.4, 0.5) is 5.69 Å². The average molecular weight is 421 g/mol. The number of aliphatic imine (C=N–C) groups is 1. The van der Waals surface area contributed by atoms with E-state index in [4.69, 9.17) is 9.47 Å². The van der Waals surface area contributed by atoms with Gasteiger partial charge in [-0.1, -0.05) is 30.3 Å². The van der Waals surface area contributed by atoms with Crippen LogP contribution in [0.2, 0.25) is 0 Å². The van der Waals surface area contributed by atoms with E-state index < -0.39 is 10.0 Å². The fraction of sp³-hybridized carbons (Fsp3) is 0.350. The highest BCUT2D eigenvalue weighted by Gasteiger charge is 2.10. The van der Waals surface area contributed by atoms with Crippen LogP contribution < -0.4 is 24.8 Å². The molecule has 0 aliphatic carbocycles. The molecule has 0 aliphatic rings. The van der Waals surface area contributed by atoms with Crippen molar-refractivity contribution in [1.29, 1.82) is 0 Å². The second-order valence-electron chi connectivity index (χ2n) is 6.08. The molecule has 0 saturated heterocycles. The van der Waals surface area contributed by atoms with E-state index in [1.165, 1.54) is 0 Å². The number of anilines is 1. The molecule has 0 amide bonds. The molecule has 0 bridgehead atoms. The maximum Gasteiger partial charge on any atom is 0.213 e. The van der Waals surface area contributed by atoms with Gasteiger partial charge >= 0.3 is 0 Å². The zero-order chi connectivity index (χ0) is 21.1. The second-order valence-corrected chi connectivity index (χ2v) is 8.01. The maximum absolute atomic E-state index is 12.2. The molecular weight excluding hydrogens is 392 g/mol. The summed E-state index contributed by atoms with van der Waals surface area (Å²) < 4.78 is 37.5. The van der Waals surface area contributed by atoms with Gasteiger partial charge in [0.25, 0.3) is 0 Å². The lowest BCUT2D eigenvalue weighted by atomic mass is 10.2. The average Bonchev–Trinajstić information content (AvgIpc) is 2.73. The SMILES string of the molecule is CCNC(=NCCS(=O)(=O)NCc1ccccc1)Nc1ccc(OC)c(OC)c1. The molecule has 0 saturated carbocycles. The van der Waals surface area contributed by atoms with Crippen molar-refractivity contribution in [3.63, 3.8) is 0 Å². The van der Waals surface area contributed by atoms with Gasteiger partial charge in [-0.3, -0.25) is 4.99 Å². The van der Waals surface area contributed by atoms with Crippen LogP contribution in [0.15, 0.2) is 53.5 Å². The van der Waals surface area contributed by atoms with Crippen molar-refractivity contribution in [1.82, 2.24) is 10.0 Å². The summed E-state index contributed by atoms with van der Waals surface area (Å²) >= 11 is 0. The van der Waals surface area contributed by atoms with Crippen molar-refractivity contribution in [2.24, 2.45) is 4.99 Å². The fourth-order valence-electron chi connectivity index (χ4n) is 2.50. The highest BCUT2D eigenvalue weighted by atomic mass is 32.2. The summed E-state index contributed by atoms with van der Waals surface area (Å²) in [5.74, 6) is 1.58. The van der Waals surface area contributed by atoms with Crippen LogP contribution in [0.25, 0.3) is 0 Å². The first-order valence-electron chi connectivity index (χ1n) is 9.26. The van der Waals surface area contributed by atoms with E-state index in [9.17, 15) is 8.42 Å². The predicted octanol–water partition coefficient (Wildman–Crippen LogP) is 2.20. The van der Waals surface area contributed by atoms with Gasteiger partial charge in [0, 0.05) is 24.8 Å². The molecule has 8 nitrogen and oxygen atoms in total. The zero-order valence-electron chi connectivity index (χ0n) is 16.9. The van der Waals surface area contributed by atoms with E-state index >= 15 is 0 Å². The Kier molecular flexibility index (Phi) is 8.75. The molecular formula is C20H28N4O4S. The Balaban J connectivity index is 1.96. The Bertz CT molecular complexity index is 902. The number of hydrogen-bond donors (Lipinski definition) is 3. The molecule has 0 radical (unpaired) electrons. The van der Waals surface area contributed by atoms with Gasteiger partial charge in [0.05, 0.1) is 26.5 Å². The molecule has 0 fully saturated rings. The van der Waals surface area contributed by atoms with Crippen molar-refractivity contribution in [2.75, 3.05) is 38.4 Å². The molecule has 29 heavy (non-hydrogen) atoms. The van der Waals surface area contributed by atoms with Crippen LogP contribution in [0, 0.1) is 0 Å². The fourth-order valence-corrected chi connectivity index (χ4v) is 3.36. The standard InChI is InChI=1S/C20H28N4O4S/c1-4-21-20(24-17-10-11-18(27-2)19(14-17)28-3)22-12-13-29(25,26)23-15-16-8-6-5-7-9-16/h5-11,14,23H,4,12-13,15H2,1-3H3,(H2,21,22,24). The van der Waals surface area contributed by atoms with E-state index in [1.54, 1.807) is 26.4 Å².